The van der Waals surface area contributed by atoms with E-state index >= 15 is 0 Å². The Morgan fingerprint density at radius 1 is 1.16 bits per heavy atom. The summed E-state index contributed by atoms with van der Waals surface area (Å²) < 4.78 is 33.1. The summed E-state index contributed by atoms with van der Waals surface area (Å²) in [6.45, 7) is 3.72. The van der Waals surface area contributed by atoms with Crippen molar-refractivity contribution >= 4 is 62.5 Å². The summed E-state index contributed by atoms with van der Waals surface area (Å²) in [6, 6.07) is 13.5. The minimum atomic E-state index is -0.838. The molecule has 43 heavy (non-hydrogen) atoms. The number of benzene rings is 3. The molecule has 2 heterocycles. The van der Waals surface area contributed by atoms with E-state index in [2.05, 4.69) is 20.9 Å². The first-order chi connectivity index (χ1) is 20.6. The molecule has 1 atom stereocenters. The van der Waals surface area contributed by atoms with E-state index in [-0.39, 0.29) is 24.3 Å². The van der Waals surface area contributed by atoms with Crippen molar-refractivity contribution in [2.45, 2.75) is 26.5 Å². The number of carbonyl (C=O) groups excluding carboxylic acids is 1. The van der Waals surface area contributed by atoms with Crippen molar-refractivity contribution in [1.29, 1.82) is 0 Å². The summed E-state index contributed by atoms with van der Waals surface area (Å²) in [5, 5.41) is 1.01. The molecule has 0 saturated heterocycles. The van der Waals surface area contributed by atoms with E-state index in [1.165, 1.54) is 35.1 Å². The first-order valence-corrected chi connectivity index (χ1v) is 15.4. The second-order valence-corrected chi connectivity index (χ2v) is 12.1. The third kappa shape index (κ3) is 6.43. The largest absolute Gasteiger partial charge is 0.493 e. The third-order valence-electron chi connectivity index (χ3n) is 6.64. The van der Waals surface area contributed by atoms with Crippen LogP contribution in [0, 0.1) is 5.82 Å². The number of hydrogen-bond donors (Lipinski definition) is 0. The van der Waals surface area contributed by atoms with Crippen LogP contribution >= 0.6 is 50.5 Å². The van der Waals surface area contributed by atoms with Crippen LogP contribution in [-0.2, 0) is 16.1 Å². The molecule has 0 saturated carbocycles. The van der Waals surface area contributed by atoms with Gasteiger partial charge in [-0.15, -0.1) is 0 Å². The zero-order chi connectivity index (χ0) is 30.8. The molecule has 0 fully saturated rings. The Hall–Kier alpha value is -3.44. The molecule has 0 amide bonds. The third-order valence-corrected chi connectivity index (χ3v) is 8.80. The van der Waals surface area contributed by atoms with Crippen LogP contribution in [0.15, 0.2) is 80.1 Å². The van der Waals surface area contributed by atoms with Crippen LogP contribution in [0.4, 0.5) is 4.39 Å². The highest BCUT2D eigenvalue weighted by Gasteiger charge is 2.33. The molecule has 3 aromatic carbocycles. The second-order valence-electron chi connectivity index (χ2n) is 9.41. The van der Waals surface area contributed by atoms with Gasteiger partial charge in [0.2, 0.25) is 0 Å². The molecule has 0 unspecified atom stereocenters. The van der Waals surface area contributed by atoms with Gasteiger partial charge in [-0.25, -0.2) is 14.2 Å². The molecule has 1 aliphatic rings. The fourth-order valence-corrected chi connectivity index (χ4v) is 6.74. The van der Waals surface area contributed by atoms with E-state index in [9.17, 15) is 14.0 Å². The first-order valence-electron chi connectivity index (χ1n) is 13.0. The smallest absolute Gasteiger partial charge is 0.338 e. The van der Waals surface area contributed by atoms with E-state index in [0.717, 1.165) is 5.56 Å². The Morgan fingerprint density at radius 2 is 1.91 bits per heavy atom. The first kappa shape index (κ1) is 31.0. The van der Waals surface area contributed by atoms with Crippen LogP contribution in [0.25, 0.3) is 6.08 Å². The molecule has 12 heteroatoms. The summed E-state index contributed by atoms with van der Waals surface area (Å²) in [4.78, 5) is 31.9. The van der Waals surface area contributed by atoms with Crippen LogP contribution in [-0.4, -0.2) is 24.3 Å². The van der Waals surface area contributed by atoms with Gasteiger partial charge in [-0.05, 0) is 83.4 Å². The minimum Gasteiger partial charge on any atom is -0.493 e. The van der Waals surface area contributed by atoms with Gasteiger partial charge in [0.1, 0.15) is 12.4 Å². The average Bonchev–Trinajstić information content (AvgIpc) is 3.26. The van der Waals surface area contributed by atoms with Gasteiger partial charge in [0.25, 0.3) is 5.56 Å². The van der Waals surface area contributed by atoms with E-state index in [4.69, 9.17) is 37.4 Å². The molecule has 0 radical (unpaired) electrons. The number of fused-ring (bicyclic) bond motifs is 1. The van der Waals surface area contributed by atoms with Gasteiger partial charge in [0.05, 0.1) is 40.0 Å². The molecule has 0 N–H and O–H groups in total. The molecule has 7 nitrogen and oxygen atoms in total. The monoisotopic (exact) mass is 704 g/mol. The number of allylic oxidation sites excluding steroid dienone is 1. The highest BCUT2D eigenvalue weighted by Crippen LogP contribution is 2.38. The quantitative estimate of drug-likeness (QED) is 0.193. The number of methoxy groups -OCH3 is 1. The van der Waals surface area contributed by atoms with E-state index in [1.807, 2.05) is 0 Å². The fraction of sp³-hybridized carbons (Fsp3) is 0.194. The van der Waals surface area contributed by atoms with Crippen molar-refractivity contribution in [2.24, 2.45) is 4.99 Å². The molecule has 1 aliphatic heterocycles. The van der Waals surface area contributed by atoms with Gasteiger partial charge in [-0.2, -0.15) is 0 Å². The lowest BCUT2D eigenvalue weighted by Crippen LogP contribution is -2.39. The van der Waals surface area contributed by atoms with Gasteiger partial charge in [0.15, 0.2) is 16.3 Å². The molecular weight excluding hydrogens is 682 g/mol. The van der Waals surface area contributed by atoms with Gasteiger partial charge >= 0.3 is 5.97 Å². The Kier molecular flexibility index (Phi) is 9.41. The summed E-state index contributed by atoms with van der Waals surface area (Å²) in [6.07, 6.45) is 1.71. The Balaban J connectivity index is 1.56. The fourth-order valence-electron chi connectivity index (χ4n) is 4.66. The number of ether oxygens (including phenoxy) is 3. The molecule has 0 bridgehead atoms. The number of thiazole rings is 1. The highest BCUT2D eigenvalue weighted by atomic mass is 79.9. The maximum Gasteiger partial charge on any atom is 0.338 e. The van der Waals surface area contributed by atoms with Crippen LogP contribution in [0.5, 0.6) is 11.5 Å². The van der Waals surface area contributed by atoms with Crippen molar-refractivity contribution in [3.8, 4) is 11.5 Å². The summed E-state index contributed by atoms with van der Waals surface area (Å²) in [5.41, 5.74) is 2.24. The number of esters is 1. The lowest BCUT2D eigenvalue weighted by Gasteiger charge is -2.24. The number of rotatable bonds is 8. The number of halogens is 4. The Morgan fingerprint density at radius 3 is 2.58 bits per heavy atom. The number of hydrogen-bond acceptors (Lipinski definition) is 7. The molecule has 1 aromatic heterocycles. The molecule has 4 aromatic rings. The lowest BCUT2D eigenvalue weighted by atomic mass is 9.96. The van der Waals surface area contributed by atoms with Crippen LogP contribution < -0.4 is 24.4 Å². The Bertz CT molecular complexity index is 1940. The molecule has 0 aliphatic carbocycles. The SMILES string of the molecule is CCOC(=O)C1=C(C)N=c2s/c(=C\c3cc(Br)c(OCc4ccc(Cl)cc4Cl)c(OC)c3)c(=O)n2[C@H]1c1ccc(F)cc1. The standard InChI is InChI=1S/C31H24BrCl2FN2O5S/c1-4-41-30(39)26-16(2)36-31-37(27(26)18-6-9-21(35)10-7-18)29(38)25(43-31)13-17-11-22(32)28(24(12-17)40-3)42-15-19-5-8-20(33)14-23(19)34/h5-14,27H,4,15H2,1-3H3/b25-13-/t27-/m0/s1. The number of nitrogens with zero attached hydrogens (tertiary/aromatic N) is 2. The number of carbonyl (C=O) groups is 1. The summed E-state index contributed by atoms with van der Waals surface area (Å²) in [5.74, 6) is -0.129. The molecule has 0 spiro atoms. The maximum atomic E-state index is 13.9. The van der Waals surface area contributed by atoms with Crippen molar-refractivity contribution < 1.29 is 23.4 Å². The van der Waals surface area contributed by atoms with Crippen molar-refractivity contribution in [1.82, 2.24) is 4.57 Å². The van der Waals surface area contributed by atoms with Crippen molar-refractivity contribution in [3.05, 3.63) is 123 Å². The predicted molar refractivity (Wildman–Crippen MR) is 168 cm³/mol. The van der Waals surface area contributed by atoms with E-state index in [1.54, 1.807) is 62.4 Å². The molecular formula is C31H24BrCl2FN2O5S. The lowest BCUT2D eigenvalue weighted by molar-refractivity contribution is -0.139. The minimum absolute atomic E-state index is 0.152. The van der Waals surface area contributed by atoms with Crippen LogP contribution in [0.3, 0.4) is 0 Å². The highest BCUT2D eigenvalue weighted by molar-refractivity contribution is 9.10. The van der Waals surface area contributed by atoms with Crippen LogP contribution in [0.2, 0.25) is 10.0 Å². The maximum absolute atomic E-state index is 13.9. The van der Waals surface area contributed by atoms with E-state index in [0.29, 0.717) is 52.2 Å². The molecule has 222 valence electrons. The van der Waals surface area contributed by atoms with Gasteiger partial charge in [-0.3, -0.25) is 9.36 Å². The van der Waals surface area contributed by atoms with Crippen molar-refractivity contribution in [3.63, 3.8) is 0 Å². The Labute approximate surface area is 268 Å². The summed E-state index contributed by atoms with van der Waals surface area (Å²) in [7, 11) is 1.52. The van der Waals surface area contributed by atoms with Gasteiger partial charge in [0, 0.05) is 15.6 Å². The van der Waals surface area contributed by atoms with Crippen molar-refractivity contribution in [2.75, 3.05) is 13.7 Å². The van der Waals surface area contributed by atoms with Gasteiger partial charge in [-0.1, -0.05) is 52.7 Å². The normalized spacial score (nSPS) is 14.8. The average molecular weight is 706 g/mol. The zero-order valence-corrected chi connectivity index (χ0v) is 27.0. The second kappa shape index (κ2) is 13.1. The summed E-state index contributed by atoms with van der Waals surface area (Å²) >= 11 is 17.0. The number of aromatic nitrogens is 1. The topological polar surface area (TPSA) is 79.1 Å². The van der Waals surface area contributed by atoms with Crippen LogP contribution in [0.1, 0.15) is 36.6 Å². The zero-order valence-electron chi connectivity index (χ0n) is 23.1. The van der Waals surface area contributed by atoms with Gasteiger partial charge < -0.3 is 14.2 Å². The molecule has 5 rings (SSSR count). The predicted octanol–water partition coefficient (Wildman–Crippen LogP) is 6.59. The van der Waals surface area contributed by atoms with E-state index < -0.39 is 17.8 Å².